The van der Waals surface area contributed by atoms with Crippen LogP contribution < -0.4 is 10.7 Å². The zero-order chi connectivity index (χ0) is 29.0. The Hall–Kier alpha value is -2.88. The molecule has 2 aromatic carbocycles. The third kappa shape index (κ3) is 7.13. The fraction of sp³-hybridized carbons (Fsp3) is 0.400. The number of hydrogen-bond acceptors (Lipinski definition) is 8. The molecule has 41 heavy (non-hydrogen) atoms. The molecule has 3 N–H and O–H groups in total. The number of rotatable bonds is 6. The molecule has 9 nitrogen and oxygen atoms in total. The average molecular weight is 597 g/mol. The standard InChI is InChI=1S/C30H33ClN4O5S/c1-33-19-26(29(37)32-17-21-4-6-24(31)7-5-21)28(36)25-16-22(18-34-9-12-40-13-10-34)15-23(27(25)33)3-2-8-35-11-14-41-20-30(35,38)39/h4-7,15-16,19,38-39H,8-14,17-18,20H2,1H3,(H,32,37). The van der Waals surface area contributed by atoms with Crippen LogP contribution in [0.4, 0.5) is 0 Å². The van der Waals surface area contributed by atoms with Gasteiger partial charge in [-0.25, -0.2) is 4.90 Å². The van der Waals surface area contributed by atoms with Gasteiger partial charge in [-0.2, -0.15) is 11.8 Å². The predicted molar refractivity (Wildman–Crippen MR) is 161 cm³/mol. The molecule has 0 saturated carbocycles. The van der Waals surface area contributed by atoms with Gasteiger partial charge in [0, 0.05) is 67.7 Å². The molecule has 1 amide bonds. The third-order valence-corrected chi connectivity index (χ3v) is 8.57. The summed E-state index contributed by atoms with van der Waals surface area (Å²) in [6.07, 6.45) is 1.54. The quantitative estimate of drug-likeness (QED) is 0.293. The Morgan fingerprint density at radius 3 is 2.63 bits per heavy atom. The van der Waals surface area contributed by atoms with Crippen LogP contribution in [0, 0.1) is 11.8 Å². The Balaban J connectivity index is 1.49. The summed E-state index contributed by atoms with van der Waals surface area (Å²) in [5.74, 6) is 4.90. The molecule has 2 aliphatic rings. The highest BCUT2D eigenvalue weighted by Crippen LogP contribution is 2.23. The molecular weight excluding hydrogens is 564 g/mol. The Morgan fingerprint density at radius 2 is 1.90 bits per heavy atom. The van der Waals surface area contributed by atoms with E-state index < -0.39 is 11.8 Å². The summed E-state index contributed by atoms with van der Waals surface area (Å²) in [5.41, 5.74) is 2.73. The number of morpholine rings is 1. The second kappa shape index (κ2) is 13.0. The van der Waals surface area contributed by atoms with Crippen LogP contribution in [0.15, 0.2) is 47.4 Å². The minimum Gasteiger partial charge on any atom is -0.379 e. The lowest BCUT2D eigenvalue weighted by Crippen LogP contribution is -2.54. The van der Waals surface area contributed by atoms with Crippen LogP contribution in [0.25, 0.3) is 10.9 Å². The molecule has 11 heteroatoms. The molecule has 0 aliphatic carbocycles. The smallest absolute Gasteiger partial charge is 0.257 e. The molecule has 0 atom stereocenters. The van der Waals surface area contributed by atoms with E-state index in [9.17, 15) is 19.8 Å². The number of benzene rings is 2. The van der Waals surface area contributed by atoms with Crippen molar-refractivity contribution in [1.29, 1.82) is 0 Å². The Bertz CT molecular complexity index is 1540. The molecule has 216 valence electrons. The largest absolute Gasteiger partial charge is 0.379 e. The molecule has 2 aliphatic heterocycles. The number of pyridine rings is 1. The highest BCUT2D eigenvalue weighted by Gasteiger charge is 2.34. The lowest BCUT2D eigenvalue weighted by molar-refractivity contribution is -0.243. The van der Waals surface area contributed by atoms with Gasteiger partial charge in [-0.15, -0.1) is 0 Å². The van der Waals surface area contributed by atoms with Crippen molar-refractivity contribution < 1.29 is 19.7 Å². The average Bonchev–Trinajstić information content (AvgIpc) is 2.95. The van der Waals surface area contributed by atoms with Gasteiger partial charge in [-0.3, -0.25) is 14.5 Å². The number of carbonyl (C=O) groups is 1. The number of aliphatic hydroxyl groups is 2. The Morgan fingerprint density at radius 1 is 1.15 bits per heavy atom. The van der Waals surface area contributed by atoms with Gasteiger partial charge < -0.3 is 24.8 Å². The molecule has 3 heterocycles. The van der Waals surface area contributed by atoms with Crippen LogP contribution in [-0.4, -0.2) is 87.3 Å². The van der Waals surface area contributed by atoms with Gasteiger partial charge >= 0.3 is 0 Å². The van der Waals surface area contributed by atoms with Gasteiger partial charge in [-0.1, -0.05) is 35.6 Å². The molecule has 2 fully saturated rings. The van der Waals surface area contributed by atoms with Gasteiger partial charge in [0.1, 0.15) is 5.56 Å². The highest BCUT2D eigenvalue weighted by atomic mass is 35.5. The van der Waals surface area contributed by atoms with E-state index >= 15 is 0 Å². The normalized spacial score (nSPS) is 17.7. The summed E-state index contributed by atoms with van der Waals surface area (Å²) in [6, 6.07) is 11.0. The minimum atomic E-state index is -1.90. The van der Waals surface area contributed by atoms with E-state index in [-0.39, 0.29) is 29.8 Å². The van der Waals surface area contributed by atoms with Crippen molar-refractivity contribution in [3.8, 4) is 11.8 Å². The van der Waals surface area contributed by atoms with E-state index in [4.69, 9.17) is 16.3 Å². The number of thioether (sulfide) groups is 1. The van der Waals surface area contributed by atoms with Gasteiger partial charge in [0.2, 0.25) is 11.3 Å². The summed E-state index contributed by atoms with van der Waals surface area (Å²) in [7, 11) is 1.79. The maximum atomic E-state index is 13.7. The summed E-state index contributed by atoms with van der Waals surface area (Å²) in [5, 5.41) is 24.5. The SMILES string of the molecule is Cn1cc(C(=O)NCc2ccc(Cl)cc2)c(=O)c2cc(CN3CCOCC3)cc(C#CCN3CCSCC3(O)O)c21. The van der Waals surface area contributed by atoms with Crippen LogP contribution in [0.3, 0.4) is 0 Å². The number of nitrogens with zero attached hydrogens (tertiary/aromatic N) is 3. The molecule has 0 spiro atoms. The molecule has 1 aromatic heterocycles. The van der Waals surface area contributed by atoms with Crippen molar-refractivity contribution in [2.45, 2.75) is 19.0 Å². The molecule has 0 radical (unpaired) electrons. The number of hydrogen-bond donors (Lipinski definition) is 3. The van der Waals surface area contributed by atoms with Crippen LogP contribution >= 0.6 is 23.4 Å². The molecule has 3 aromatic rings. The number of carbonyl (C=O) groups excluding carboxylic acids is 1. The molecule has 5 rings (SSSR count). The monoisotopic (exact) mass is 596 g/mol. The van der Waals surface area contributed by atoms with E-state index in [1.54, 1.807) is 34.8 Å². The maximum absolute atomic E-state index is 13.7. The summed E-state index contributed by atoms with van der Waals surface area (Å²) in [6.45, 7) is 4.43. The third-order valence-electron chi connectivity index (χ3n) is 7.26. The van der Waals surface area contributed by atoms with Crippen LogP contribution in [0.2, 0.25) is 5.02 Å². The first-order valence-electron chi connectivity index (χ1n) is 13.5. The van der Waals surface area contributed by atoms with Gasteiger partial charge in [0.05, 0.1) is 31.0 Å². The fourth-order valence-corrected chi connectivity index (χ4v) is 6.12. The number of aromatic nitrogens is 1. The number of ether oxygens (including phenoxy) is 1. The second-order valence-corrected chi connectivity index (χ2v) is 11.8. The first-order valence-corrected chi connectivity index (χ1v) is 15.0. The van der Waals surface area contributed by atoms with E-state index in [0.29, 0.717) is 47.8 Å². The van der Waals surface area contributed by atoms with Gasteiger partial charge in [0.25, 0.3) is 5.91 Å². The van der Waals surface area contributed by atoms with Crippen molar-refractivity contribution >= 4 is 40.2 Å². The summed E-state index contributed by atoms with van der Waals surface area (Å²) in [4.78, 5) is 30.7. The Kier molecular flexibility index (Phi) is 9.36. The van der Waals surface area contributed by atoms with Crippen LogP contribution in [0.5, 0.6) is 0 Å². The van der Waals surface area contributed by atoms with E-state index in [2.05, 4.69) is 22.1 Å². The van der Waals surface area contributed by atoms with E-state index in [0.717, 1.165) is 30.0 Å². The molecule has 0 bridgehead atoms. The second-order valence-electron chi connectivity index (χ2n) is 10.3. The number of nitrogens with one attached hydrogen (secondary N) is 1. The van der Waals surface area contributed by atoms with Gasteiger partial charge in [0.15, 0.2) is 0 Å². The first-order chi connectivity index (χ1) is 19.7. The molecule has 2 saturated heterocycles. The zero-order valence-corrected chi connectivity index (χ0v) is 24.4. The van der Waals surface area contributed by atoms with Crippen molar-refractivity contribution in [3.63, 3.8) is 0 Å². The van der Waals surface area contributed by atoms with Crippen molar-refractivity contribution in [2.75, 3.05) is 50.9 Å². The number of amides is 1. The van der Waals surface area contributed by atoms with Crippen LogP contribution in [0.1, 0.15) is 27.0 Å². The predicted octanol–water partition coefficient (Wildman–Crippen LogP) is 1.99. The summed E-state index contributed by atoms with van der Waals surface area (Å²) < 4.78 is 7.24. The lowest BCUT2D eigenvalue weighted by Gasteiger charge is -2.37. The topological polar surface area (TPSA) is 107 Å². The van der Waals surface area contributed by atoms with Crippen molar-refractivity contribution in [2.24, 2.45) is 7.05 Å². The fourth-order valence-electron chi connectivity index (χ4n) is 5.04. The van der Waals surface area contributed by atoms with Crippen molar-refractivity contribution in [1.82, 2.24) is 19.7 Å². The zero-order valence-electron chi connectivity index (χ0n) is 22.9. The number of fused-ring (bicyclic) bond motifs is 1. The van der Waals surface area contributed by atoms with Crippen molar-refractivity contribution in [3.05, 3.63) is 80.1 Å². The van der Waals surface area contributed by atoms with E-state index in [1.807, 2.05) is 24.3 Å². The van der Waals surface area contributed by atoms with E-state index in [1.165, 1.54) is 11.8 Å². The van der Waals surface area contributed by atoms with Crippen LogP contribution in [-0.2, 0) is 24.9 Å². The van der Waals surface area contributed by atoms with Gasteiger partial charge in [-0.05, 0) is 35.4 Å². The maximum Gasteiger partial charge on any atom is 0.257 e. The molecular formula is C30H33ClN4O5S. The molecule has 0 unspecified atom stereocenters. The summed E-state index contributed by atoms with van der Waals surface area (Å²) >= 11 is 7.45. The number of halogens is 1. The lowest BCUT2D eigenvalue weighted by atomic mass is 10.0. The number of aryl methyl sites for hydroxylation is 1. The Labute approximate surface area is 248 Å². The highest BCUT2D eigenvalue weighted by molar-refractivity contribution is 7.99. The first kappa shape index (κ1) is 29.6. The minimum absolute atomic E-state index is 0.0487.